The van der Waals surface area contributed by atoms with Crippen molar-refractivity contribution in [2.75, 3.05) is 0 Å². The number of phenolic OH excluding ortho intramolecular Hbond substituents is 1. The molecule has 0 amide bonds. The Morgan fingerprint density at radius 1 is 1.17 bits per heavy atom. The molecule has 0 saturated carbocycles. The van der Waals surface area contributed by atoms with Crippen molar-refractivity contribution in [3.8, 4) is 11.5 Å². The number of halogens is 1. The fourth-order valence-electron chi connectivity index (χ4n) is 2.02. The van der Waals surface area contributed by atoms with E-state index in [0.29, 0.717) is 5.75 Å². The Morgan fingerprint density at radius 2 is 1.75 bits per heavy atom. The third-order valence-corrected chi connectivity index (χ3v) is 4.31. The van der Waals surface area contributed by atoms with E-state index < -0.39 is 17.7 Å². The highest BCUT2D eigenvalue weighted by Gasteiger charge is 2.42. The van der Waals surface area contributed by atoms with Crippen molar-refractivity contribution in [1.82, 2.24) is 0 Å². The van der Waals surface area contributed by atoms with Crippen LogP contribution in [0.15, 0.2) is 53.0 Å². The molecule has 0 aliphatic rings. The number of ether oxygens (including phenoxy) is 2. The Hall–Kier alpha value is -2.05. The van der Waals surface area contributed by atoms with Crippen molar-refractivity contribution < 1.29 is 24.5 Å². The molecule has 0 aliphatic heterocycles. The second-order valence-corrected chi connectivity index (χ2v) is 6.50. The molecule has 2 atom stereocenters. The van der Waals surface area contributed by atoms with Crippen molar-refractivity contribution in [1.29, 1.82) is 0 Å². The summed E-state index contributed by atoms with van der Waals surface area (Å²) in [7, 11) is 0. The average Bonchev–Trinajstić information content (AvgIpc) is 2.56. The third kappa shape index (κ3) is 4.49. The summed E-state index contributed by atoms with van der Waals surface area (Å²) in [6, 6.07) is 13.5. The standard InChI is InChI=1S/C18H19BrO5/c1-12(23-11-13-3-5-14(19)6-4-13)18(2,17(21)22)24-16-9-7-15(20)8-10-16/h3-10,12,20H,11H2,1-2H3,(H,21,22). The molecule has 0 fully saturated rings. The summed E-state index contributed by atoms with van der Waals surface area (Å²) < 4.78 is 12.3. The fraction of sp³-hybridized carbons (Fsp3) is 0.278. The highest BCUT2D eigenvalue weighted by atomic mass is 79.9. The van der Waals surface area contributed by atoms with Gasteiger partial charge in [-0.25, -0.2) is 4.79 Å². The summed E-state index contributed by atoms with van der Waals surface area (Å²) in [5, 5.41) is 18.9. The summed E-state index contributed by atoms with van der Waals surface area (Å²) in [5.41, 5.74) is -0.630. The number of benzene rings is 2. The number of carboxylic acid groups (broad SMARTS) is 1. The van der Waals surface area contributed by atoms with E-state index in [-0.39, 0.29) is 12.4 Å². The van der Waals surface area contributed by atoms with Gasteiger partial charge in [0, 0.05) is 4.47 Å². The molecular weight excluding hydrogens is 376 g/mol. The minimum atomic E-state index is -1.56. The zero-order valence-corrected chi connectivity index (χ0v) is 15.0. The number of rotatable bonds is 7. The minimum Gasteiger partial charge on any atom is -0.508 e. The molecule has 0 spiro atoms. The van der Waals surface area contributed by atoms with Crippen LogP contribution in [0.2, 0.25) is 0 Å². The minimum absolute atomic E-state index is 0.0823. The molecule has 5 nitrogen and oxygen atoms in total. The fourth-order valence-corrected chi connectivity index (χ4v) is 2.28. The maximum Gasteiger partial charge on any atom is 0.350 e. The van der Waals surface area contributed by atoms with E-state index in [4.69, 9.17) is 9.47 Å². The largest absolute Gasteiger partial charge is 0.508 e. The van der Waals surface area contributed by atoms with Gasteiger partial charge in [-0.05, 0) is 55.8 Å². The predicted molar refractivity (Wildman–Crippen MR) is 93.2 cm³/mol. The molecule has 2 unspecified atom stereocenters. The van der Waals surface area contributed by atoms with E-state index in [1.165, 1.54) is 31.2 Å². The highest BCUT2D eigenvalue weighted by Crippen LogP contribution is 2.26. The molecule has 2 N–H and O–H groups in total. The first-order valence-corrected chi connectivity index (χ1v) is 8.18. The van der Waals surface area contributed by atoms with Gasteiger partial charge < -0.3 is 19.7 Å². The van der Waals surface area contributed by atoms with Gasteiger partial charge in [-0.15, -0.1) is 0 Å². The van der Waals surface area contributed by atoms with Crippen LogP contribution in [0.4, 0.5) is 0 Å². The van der Waals surface area contributed by atoms with Gasteiger partial charge in [0.15, 0.2) is 0 Å². The van der Waals surface area contributed by atoms with Crippen molar-refractivity contribution in [2.24, 2.45) is 0 Å². The number of hydrogen-bond acceptors (Lipinski definition) is 4. The van der Waals surface area contributed by atoms with Crippen LogP contribution in [0.1, 0.15) is 19.4 Å². The van der Waals surface area contributed by atoms with Gasteiger partial charge in [-0.1, -0.05) is 28.1 Å². The molecule has 2 aromatic rings. The first kappa shape index (κ1) is 18.3. The average molecular weight is 395 g/mol. The Bertz CT molecular complexity index is 684. The van der Waals surface area contributed by atoms with E-state index in [1.807, 2.05) is 24.3 Å². The van der Waals surface area contributed by atoms with Gasteiger partial charge in [0.1, 0.15) is 17.6 Å². The van der Waals surface area contributed by atoms with Crippen molar-refractivity contribution >= 4 is 21.9 Å². The SMILES string of the molecule is CC(OCc1ccc(Br)cc1)C(C)(Oc1ccc(O)cc1)C(=O)O. The lowest BCUT2D eigenvalue weighted by Gasteiger charge is -2.32. The first-order chi connectivity index (χ1) is 11.3. The summed E-state index contributed by atoms with van der Waals surface area (Å²) in [6.45, 7) is 3.40. The van der Waals surface area contributed by atoms with Crippen LogP contribution in [0, 0.1) is 0 Å². The van der Waals surface area contributed by atoms with Gasteiger partial charge in [0.25, 0.3) is 0 Å². The lowest BCUT2D eigenvalue weighted by molar-refractivity contribution is -0.168. The molecule has 24 heavy (non-hydrogen) atoms. The zero-order valence-electron chi connectivity index (χ0n) is 13.4. The number of hydrogen-bond donors (Lipinski definition) is 2. The van der Waals surface area contributed by atoms with E-state index in [1.54, 1.807) is 6.92 Å². The molecule has 0 radical (unpaired) electrons. The van der Waals surface area contributed by atoms with Crippen LogP contribution in [0.5, 0.6) is 11.5 Å². The van der Waals surface area contributed by atoms with Gasteiger partial charge in [-0.2, -0.15) is 0 Å². The lowest BCUT2D eigenvalue weighted by atomic mass is 10.00. The zero-order chi connectivity index (χ0) is 17.7. The summed E-state index contributed by atoms with van der Waals surface area (Å²) in [6.07, 6.45) is -0.701. The number of phenols is 1. The van der Waals surface area contributed by atoms with E-state index in [0.717, 1.165) is 10.0 Å². The second-order valence-electron chi connectivity index (χ2n) is 5.59. The summed E-state index contributed by atoms with van der Waals surface area (Å²) >= 11 is 3.36. The monoisotopic (exact) mass is 394 g/mol. The predicted octanol–water partition coefficient (Wildman–Crippen LogP) is 3.98. The number of carboxylic acids is 1. The third-order valence-electron chi connectivity index (χ3n) is 3.78. The summed E-state index contributed by atoms with van der Waals surface area (Å²) in [4.78, 5) is 11.7. The number of carbonyl (C=O) groups is 1. The van der Waals surface area contributed by atoms with E-state index in [2.05, 4.69) is 15.9 Å². The molecule has 6 heteroatoms. The molecule has 2 aromatic carbocycles. The maximum absolute atomic E-state index is 11.7. The first-order valence-electron chi connectivity index (χ1n) is 7.39. The topological polar surface area (TPSA) is 76.0 Å². The molecule has 128 valence electrons. The highest BCUT2D eigenvalue weighted by molar-refractivity contribution is 9.10. The molecular formula is C18H19BrO5. The Labute approximate surface area is 149 Å². The van der Waals surface area contributed by atoms with Gasteiger partial charge in [0.05, 0.1) is 6.61 Å². The number of aliphatic carboxylic acids is 1. The van der Waals surface area contributed by atoms with Gasteiger partial charge in [0.2, 0.25) is 5.60 Å². The number of aromatic hydroxyl groups is 1. The molecule has 0 saturated heterocycles. The van der Waals surface area contributed by atoms with Crippen LogP contribution >= 0.6 is 15.9 Å². The molecule has 0 heterocycles. The second kappa shape index (κ2) is 7.68. The molecule has 0 bridgehead atoms. The molecule has 2 rings (SSSR count). The van der Waals surface area contributed by atoms with Crippen LogP contribution in [-0.4, -0.2) is 27.9 Å². The van der Waals surface area contributed by atoms with Crippen molar-refractivity contribution in [3.63, 3.8) is 0 Å². The smallest absolute Gasteiger partial charge is 0.350 e. The maximum atomic E-state index is 11.7. The van der Waals surface area contributed by atoms with Crippen LogP contribution in [0.3, 0.4) is 0 Å². The van der Waals surface area contributed by atoms with Crippen LogP contribution in [-0.2, 0) is 16.1 Å². The van der Waals surface area contributed by atoms with E-state index >= 15 is 0 Å². The van der Waals surface area contributed by atoms with Crippen LogP contribution in [0.25, 0.3) is 0 Å². The van der Waals surface area contributed by atoms with Gasteiger partial charge in [-0.3, -0.25) is 0 Å². The van der Waals surface area contributed by atoms with Gasteiger partial charge >= 0.3 is 5.97 Å². The lowest BCUT2D eigenvalue weighted by Crippen LogP contribution is -2.51. The molecule has 0 aromatic heterocycles. The quantitative estimate of drug-likeness (QED) is 0.742. The Balaban J connectivity index is 2.08. The van der Waals surface area contributed by atoms with Crippen molar-refractivity contribution in [3.05, 3.63) is 58.6 Å². The summed E-state index contributed by atoms with van der Waals surface area (Å²) in [5.74, 6) is -0.699. The van der Waals surface area contributed by atoms with E-state index in [9.17, 15) is 15.0 Å². The van der Waals surface area contributed by atoms with Crippen molar-refractivity contribution in [2.45, 2.75) is 32.2 Å². The molecule has 0 aliphatic carbocycles. The van der Waals surface area contributed by atoms with Crippen LogP contribution < -0.4 is 4.74 Å². The Morgan fingerprint density at radius 3 is 2.29 bits per heavy atom. The Kier molecular flexibility index (Phi) is 5.85. The normalized spacial score (nSPS) is 14.6.